The fourth-order valence-corrected chi connectivity index (χ4v) is 1.10. The molecule has 0 bridgehead atoms. The lowest BCUT2D eigenvalue weighted by atomic mass is 10.1. The highest BCUT2D eigenvalue weighted by atomic mass is 16.1. The fourth-order valence-electron chi connectivity index (χ4n) is 1.10. The normalized spacial score (nSPS) is 10.8. The van der Waals surface area contributed by atoms with Crippen LogP contribution < -0.4 is 5.73 Å². The lowest BCUT2D eigenvalue weighted by Gasteiger charge is -2.01. The first kappa shape index (κ1) is 9.85. The Morgan fingerprint density at radius 1 is 1.54 bits per heavy atom. The number of rotatable bonds is 4. The zero-order valence-electron chi connectivity index (χ0n) is 7.87. The van der Waals surface area contributed by atoms with Crippen molar-refractivity contribution in [3.05, 3.63) is 11.4 Å². The minimum atomic E-state index is -0.0417. The van der Waals surface area contributed by atoms with Crippen molar-refractivity contribution in [1.29, 1.82) is 0 Å². The van der Waals surface area contributed by atoms with Gasteiger partial charge in [-0.25, -0.2) is 0 Å². The molecular formula is C8H14N4O. The Morgan fingerprint density at radius 3 is 2.77 bits per heavy atom. The second-order valence-electron chi connectivity index (χ2n) is 3.17. The number of aromatic amines is 1. The van der Waals surface area contributed by atoms with Crippen LogP contribution in [0, 0.1) is 0 Å². The van der Waals surface area contributed by atoms with Crippen LogP contribution in [0.4, 0.5) is 0 Å². The van der Waals surface area contributed by atoms with Gasteiger partial charge in [0, 0.05) is 6.42 Å². The number of carbonyl (C=O) groups excluding carboxylic acids is 1. The third-order valence-corrected chi connectivity index (χ3v) is 1.76. The molecule has 1 aromatic heterocycles. The molecule has 1 heterocycles. The van der Waals surface area contributed by atoms with Crippen molar-refractivity contribution in [2.24, 2.45) is 5.73 Å². The number of aromatic nitrogens is 3. The first-order chi connectivity index (χ1) is 6.16. The van der Waals surface area contributed by atoms with E-state index in [0.717, 1.165) is 5.69 Å². The van der Waals surface area contributed by atoms with Crippen LogP contribution in [0.2, 0.25) is 0 Å². The number of hydrogen-bond donors (Lipinski definition) is 2. The first-order valence-corrected chi connectivity index (χ1v) is 4.30. The van der Waals surface area contributed by atoms with Crippen LogP contribution in [-0.4, -0.2) is 27.7 Å². The molecule has 0 radical (unpaired) electrons. The predicted octanol–water partition coefficient (Wildman–Crippen LogP) is 0.460. The predicted molar refractivity (Wildman–Crippen MR) is 48.5 cm³/mol. The SMILES string of the molecule is CC(C)c1n[nH]nc1C(=O)CCN. The van der Waals surface area contributed by atoms with Gasteiger partial charge in [0.2, 0.25) is 0 Å². The minimum absolute atomic E-state index is 0.0417. The van der Waals surface area contributed by atoms with Gasteiger partial charge in [-0.05, 0) is 12.5 Å². The highest BCUT2D eigenvalue weighted by Crippen LogP contribution is 2.14. The average molecular weight is 182 g/mol. The highest BCUT2D eigenvalue weighted by Gasteiger charge is 2.17. The zero-order valence-corrected chi connectivity index (χ0v) is 7.87. The molecule has 5 heteroatoms. The van der Waals surface area contributed by atoms with Crippen LogP contribution >= 0.6 is 0 Å². The van der Waals surface area contributed by atoms with Crippen LogP contribution in [0.15, 0.2) is 0 Å². The molecule has 0 saturated heterocycles. The van der Waals surface area contributed by atoms with Crippen molar-refractivity contribution in [2.45, 2.75) is 26.2 Å². The van der Waals surface area contributed by atoms with Gasteiger partial charge < -0.3 is 5.73 Å². The molecule has 0 atom stereocenters. The molecule has 0 amide bonds. The van der Waals surface area contributed by atoms with E-state index >= 15 is 0 Å². The maximum atomic E-state index is 11.4. The van der Waals surface area contributed by atoms with E-state index in [-0.39, 0.29) is 11.7 Å². The van der Waals surface area contributed by atoms with Crippen LogP contribution in [-0.2, 0) is 0 Å². The van der Waals surface area contributed by atoms with E-state index in [2.05, 4.69) is 15.4 Å². The van der Waals surface area contributed by atoms with Gasteiger partial charge in [-0.2, -0.15) is 15.4 Å². The summed E-state index contributed by atoms with van der Waals surface area (Å²) in [5, 5.41) is 10.2. The number of H-pyrrole nitrogens is 1. The fraction of sp³-hybridized carbons (Fsp3) is 0.625. The molecule has 0 unspecified atom stereocenters. The molecule has 0 aliphatic carbocycles. The van der Waals surface area contributed by atoms with Crippen molar-refractivity contribution in [3.63, 3.8) is 0 Å². The highest BCUT2D eigenvalue weighted by molar-refractivity contribution is 5.95. The van der Waals surface area contributed by atoms with Crippen LogP contribution in [0.25, 0.3) is 0 Å². The van der Waals surface area contributed by atoms with Crippen molar-refractivity contribution in [3.8, 4) is 0 Å². The largest absolute Gasteiger partial charge is 0.330 e. The van der Waals surface area contributed by atoms with Crippen LogP contribution in [0.3, 0.4) is 0 Å². The molecule has 0 spiro atoms. The first-order valence-electron chi connectivity index (χ1n) is 4.30. The van der Waals surface area contributed by atoms with E-state index in [1.807, 2.05) is 13.8 Å². The maximum absolute atomic E-state index is 11.4. The van der Waals surface area contributed by atoms with Gasteiger partial charge in [-0.1, -0.05) is 13.8 Å². The molecule has 0 aliphatic heterocycles. The Bertz CT molecular complexity index is 292. The molecule has 0 aliphatic rings. The topological polar surface area (TPSA) is 84.7 Å². The Kier molecular flexibility index (Phi) is 3.13. The monoisotopic (exact) mass is 182 g/mol. The average Bonchev–Trinajstić information content (AvgIpc) is 2.52. The number of ketones is 1. The molecule has 5 nitrogen and oxygen atoms in total. The summed E-state index contributed by atoms with van der Waals surface area (Å²) in [7, 11) is 0. The Morgan fingerprint density at radius 2 is 2.23 bits per heavy atom. The Balaban J connectivity index is 2.87. The summed E-state index contributed by atoms with van der Waals surface area (Å²) in [6, 6.07) is 0. The molecule has 72 valence electrons. The van der Waals surface area contributed by atoms with Crippen molar-refractivity contribution in [2.75, 3.05) is 6.54 Å². The standard InChI is InChI=1S/C8H14N4O/c1-5(2)7-8(11-12-10-7)6(13)3-4-9/h5H,3-4,9H2,1-2H3,(H,10,11,12). The second kappa shape index (κ2) is 4.13. The number of nitrogens with one attached hydrogen (secondary N) is 1. The van der Waals surface area contributed by atoms with Gasteiger partial charge in [0.1, 0.15) is 0 Å². The molecule has 13 heavy (non-hydrogen) atoms. The maximum Gasteiger partial charge on any atom is 0.186 e. The van der Waals surface area contributed by atoms with Gasteiger partial charge in [-0.15, -0.1) is 0 Å². The van der Waals surface area contributed by atoms with Crippen molar-refractivity contribution < 1.29 is 4.79 Å². The van der Waals surface area contributed by atoms with Gasteiger partial charge in [0.05, 0.1) is 5.69 Å². The summed E-state index contributed by atoms with van der Waals surface area (Å²) >= 11 is 0. The van der Waals surface area contributed by atoms with Crippen LogP contribution in [0.1, 0.15) is 42.4 Å². The number of nitrogens with two attached hydrogens (primary N) is 1. The molecular weight excluding hydrogens is 168 g/mol. The summed E-state index contributed by atoms with van der Waals surface area (Å²) in [6.45, 7) is 4.29. The van der Waals surface area contributed by atoms with E-state index in [4.69, 9.17) is 5.73 Å². The molecule has 1 rings (SSSR count). The number of carbonyl (C=O) groups is 1. The van der Waals surface area contributed by atoms with Gasteiger partial charge >= 0.3 is 0 Å². The zero-order chi connectivity index (χ0) is 9.84. The smallest absolute Gasteiger partial charge is 0.186 e. The molecule has 1 aromatic rings. The summed E-state index contributed by atoms with van der Waals surface area (Å²) < 4.78 is 0. The summed E-state index contributed by atoms with van der Waals surface area (Å²) in [5.41, 5.74) is 6.43. The lowest BCUT2D eigenvalue weighted by Crippen LogP contribution is -2.11. The van der Waals surface area contributed by atoms with Crippen molar-refractivity contribution in [1.82, 2.24) is 15.4 Å². The van der Waals surface area contributed by atoms with E-state index < -0.39 is 0 Å². The summed E-state index contributed by atoms with van der Waals surface area (Å²) in [5.74, 6) is 0.162. The third kappa shape index (κ3) is 2.12. The van der Waals surface area contributed by atoms with E-state index in [1.54, 1.807) is 0 Å². The Labute approximate surface area is 76.7 Å². The summed E-state index contributed by atoms with van der Waals surface area (Å²) in [6.07, 6.45) is 0.326. The lowest BCUT2D eigenvalue weighted by molar-refractivity contribution is 0.0979. The Hall–Kier alpha value is -1.23. The van der Waals surface area contributed by atoms with Gasteiger partial charge in [-0.3, -0.25) is 4.79 Å². The van der Waals surface area contributed by atoms with E-state index in [0.29, 0.717) is 18.7 Å². The molecule has 0 saturated carbocycles. The molecule has 0 aromatic carbocycles. The quantitative estimate of drug-likeness (QED) is 0.662. The van der Waals surface area contributed by atoms with Crippen molar-refractivity contribution >= 4 is 5.78 Å². The minimum Gasteiger partial charge on any atom is -0.330 e. The van der Waals surface area contributed by atoms with Gasteiger partial charge in [0.15, 0.2) is 11.5 Å². The second-order valence-corrected chi connectivity index (χ2v) is 3.17. The summed E-state index contributed by atoms with van der Waals surface area (Å²) in [4.78, 5) is 11.4. The molecule has 0 fully saturated rings. The molecule has 3 N–H and O–H groups in total. The number of Topliss-reactive ketones (excluding diaryl/α,β-unsaturated/α-hetero) is 1. The van der Waals surface area contributed by atoms with E-state index in [1.165, 1.54) is 0 Å². The number of hydrogen-bond acceptors (Lipinski definition) is 4. The van der Waals surface area contributed by atoms with Crippen LogP contribution in [0.5, 0.6) is 0 Å². The number of nitrogens with zero attached hydrogens (tertiary/aromatic N) is 2. The van der Waals surface area contributed by atoms with Gasteiger partial charge in [0.25, 0.3) is 0 Å². The van der Waals surface area contributed by atoms with E-state index in [9.17, 15) is 4.79 Å². The third-order valence-electron chi connectivity index (χ3n) is 1.76.